The molecule has 2 aliphatic heterocycles. The van der Waals surface area contributed by atoms with Crippen molar-refractivity contribution in [3.63, 3.8) is 0 Å². The van der Waals surface area contributed by atoms with E-state index in [0.29, 0.717) is 17.9 Å². The molecule has 17 heteroatoms. The van der Waals surface area contributed by atoms with Crippen LogP contribution in [0, 0.1) is 34.6 Å². The van der Waals surface area contributed by atoms with Gasteiger partial charge in [-0.15, -0.1) is 0 Å². The smallest absolute Gasteiger partial charge is 0.227 e. The fourth-order valence-electron chi connectivity index (χ4n) is 11.1. The summed E-state index contributed by atoms with van der Waals surface area (Å²) >= 11 is 6.49. The van der Waals surface area contributed by atoms with Gasteiger partial charge in [0.25, 0.3) is 0 Å². The number of halogens is 1. The molecule has 0 spiro atoms. The fraction of sp³-hybridized carbons (Fsp3) is 0.490. The Morgan fingerprint density at radius 3 is 1.71 bits per heavy atom. The number of aliphatic hydroxyl groups excluding tert-OH is 2. The minimum Gasteiger partial charge on any atom is -0.393 e. The van der Waals surface area contributed by atoms with Crippen LogP contribution in [0.5, 0.6) is 0 Å². The van der Waals surface area contributed by atoms with E-state index in [0.717, 1.165) is 167 Å². The fourth-order valence-corrected chi connectivity index (χ4v) is 11.2. The normalized spacial score (nSPS) is 23.5. The third kappa shape index (κ3) is 8.70. The van der Waals surface area contributed by atoms with E-state index in [1.54, 1.807) is 0 Å². The van der Waals surface area contributed by atoms with Crippen molar-refractivity contribution < 1.29 is 28.8 Å². The van der Waals surface area contributed by atoms with Gasteiger partial charge in [0.1, 0.15) is 34.2 Å². The monoisotopic (exact) mass is 942 g/mol. The largest absolute Gasteiger partial charge is 0.393 e. The Hall–Kier alpha value is -5.97. The molecule has 0 unspecified atom stereocenters. The predicted octanol–water partition coefficient (Wildman–Crippen LogP) is 9.92. The molecule has 68 heavy (non-hydrogen) atoms. The number of carbonyl (C=O) groups is 2. The summed E-state index contributed by atoms with van der Waals surface area (Å²) in [5.74, 6) is 3.37. The lowest BCUT2D eigenvalue weighted by Gasteiger charge is -2.37. The van der Waals surface area contributed by atoms with Crippen molar-refractivity contribution in [2.75, 3.05) is 4.90 Å². The van der Waals surface area contributed by atoms with Crippen molar-refractivity contribution in [1.29, 1.82) is 0 Å². The summed E-state index contributed by atoms with van der Waals surface area (Å²) in [6.45, 7) is 9.60. The Labute approximate surface area is 399 Å². The van der Waals surface area contributed by atoms with E-state index in [2.05, 4.69) is 24.8 Å². The minimum atomic E-state index is -0.272. The van der Waals surface area contributed by atoms with Crippen molar-refractivity contribution in [1.82, 2.24) is 44.7 Å². The van der Waals surface area contributed by atoms with E-state index in [9.17, 15) is 19.8 Å². The third-order valence-corrected chi connectivity index (χ3v) is 15.0. The second-order valence-electron chi connectivity index (χ2n) is 19.3. The number of rotatable bonds is 7. The molecule has 4 aliphatic rings. The molecule has 2 saturated heterocycles. The lowest BCUT2D eigenvalue weighted by molar-refractivity contribution is -0.123. The van der Waals surface area contributed by atoms with Gasteiger partial charge in [-0.2, -0.15) is 0 Å². The van der Waals surface area contributed by atoms with Gasteiger partial charge in [0.15, 0.2) is 11.3 Å². The number of aliphatic hydroxyl groups is 2. The van der Waals surface area contributed by atoms with Crippen molar-refractivity contribution >= 4 is 51.4 Å². The van der Waals surface area contributed by atoms with E-state index in [4.69, 9.17) is 40.6 Å². The van der Waals surface area contributed by atoms with Crippen molar-refractivity contribution in [3.8, 4) is 22.3 Å². The van der Waals surface area contributed by atoms with Crippen LogP contribution in [0.25, 0.3) is 44.6 Å². The number of nitrogens with one attached hydrogen (secondary N) is 1. The number of pyridine rings is 2. The number of benzene rings is 1. The summed E-state index contributed by atoms with van der Waals surface area (Å²) < 4.78 is 15.2. The molecule has 2 aliphatic carbocycles. The van der Waals surface area contributed by atoms with E-state index in [-0.39, 0.29) is 48.2 Å². The lowest BCUT2D eigenvalue weighted by Crippen LogP contribution is -2.40. The van der Waals surface area contributed by atoms with E-state index in [1.165, 1.54) is 0 Å². The molecule has 2 atom stereocenters. The molecule has 6 aromatic heterocycles. The van der Waals surface area contributed by atoms with Gasteiger partial charge in [-0.1, -0.05) is 28.0 Å². The number of fused-ring (bicyclic) bond motifs is 2. The summed E-state index contributed by atoms with van der Waals surface area (Å²) in [5, 5.41) is 32.1. The van der Waals surface area contributed by atoms with E-state index in [1.807, 2.05) is 82.2 Å². The van der Waals surface area contributed by atoms with E-state index < -0.39 is 0 Å². The molecule has 11 rings (SSSR count). The van der Waals surface area contributed by atoms with Gasteiger partial charge < -0.3 is 38.6 Å². The molecule has 3 N–H and O–H groups in total. The number of amides is 2. The minimum absolute atomic E-state index is 0.0724. The van der Waals surface area contributed by atoms with Crippen LogP contribution >= 0.6 is 11.6 Å². The lowest BCUT2D eigenvalue weighted by atomic mass is 9.92. The summed E-state index contributed by atoms with van der Waals surface area (Å²) in [6, 6.07) is 9.93. The van der Waals surface area contributed by atoms with Gasteiger partial charge in [0, 0.05) is 70.3 Å². The van der Waals surface area contributed by atoms with Gasteiger partial charge in [-0.05, 0) is 141 Å². The maximum absolute atomic E-state index is 13.4. The quantitative estimate of drug-likeness (QED) is 0.137. The summed E-state index contributed by atoms with van der Waals surface area (Å²) in [6.07, 6.45) is 14.1. The van der Waals surface area contributed by atoms with Gasteiger partial charge >= 0.3 is 0 Å². The molecule has 1 aromatic carbocycles. The van der Waals surface area contributed by atoms with Crippen LogP contribution in [0.4, 0.5) is 5.69 Å². The molecule has 356 valence electrons. The Bertz CT molecular complexity index is 2970. The van der Waals surface area contributed by atoms with E-state index >= 15 is 0 Å². The summed E-state index contributed by atoms with van der Waals surface area (Å²) in [5.41, 5.74) is 10.4. The standard InChI is InChI=1S/C29H32ClN5O3.C22H27N5O3/c1-16-7-8-21(14-23(16)30)34-25(5-4-6-26(34)37)29-32-24-13-19(27-17(2)33-38-18(27)3)15-31-28(24)35(29)20-9-11-22(36)12-10-20;1-12-20(13(2)30-26-12)14-10-18-21(23-11-14)27(15-6-8-16(28)9-7-15)22(25-18)17-4-3-5-19(29)24-17/h7-8,13-15,20,22,25,36H,4-6,9-12H2,1-3H3;10-11,15-17,28H,3-9H2,1-2H3,(H,24,29)/t20?,22?,25-;15?,16?,17-/m00/s1. The maximum atomic E-state index is 13.4. The highest BCUT2D eigenvalue weighted by Crippen LogP contribution is 2.43. The van der Waals surface area contributed by atoms with Gasteiger partial charge in [-0.25, -0.2) is 19.9 Å². The van der Waals surface area contributed by atoms with Crippen molar-refractivity contribution in [2.24, 2.45) is 0 Å². The number of imidazole rings is 2. The number of aromatic nitrogens is 8. The Morgan fingerprint density at radius 2 is 1.19 bits per heavy atom. The molecule has 2 amide bonds. The Morgan fingerprint density at radius 1 is 0.662 bits per heavy atom. The number of aryl methyl sites for hydroxylation is 5. The summed E-state index contributed by atoms with van der Waals surface area (Å²) in [7, 11) is 0. The first-order valence-electron chi connectivity index (χ1n) is 24.2. The number of hydrogen-bond donors (Lipinski definition) is 3. The van der Waals surface area contributed by atoms with Crippen LogP contribution in [-0.4, -0.2) is 73.6 Å². The van der Waals surface area contributed by atoms with Crippen LogP contribution in [0.1, 0.15) is 154 Å². The first kappa shape index (κ1) is 45.8. The predicted molar refractivity (Wildman–Crippen MR) is 257 cm³/mol. The average molecular weight is 944 g/mol. The number of carbonyl (C=O) groups excluding carboxylic acids is 2. The van der Waals surface area contributed by atoms with Crippen molar-refractivity contribution in [3.05, 3.63) is 87.9 Å². The van der Waals surface area contributed by atoms with Crippen molar-refractivity contribution in [2.45, 2.75) is 161 Å². The molecule has 8 heterocycles. The zero-order valence-electron chi connectivity index (χ0n) is 39.3. The van der Waals surface area contributed by atoms with Crippen LogP contribution in [0.3, 0.4) is 0 Å². The maximum Gasteiger partial charge on any atom is 0.227 e. The molecule has 0 radical (unpaired) electrons. The number of piperidine rings is 2. The average Bonchev–Trinajstić information content (AvgIpc) is 4.09. The molecular formula is C51H59ClN10O6. The van der Waals surface area contributed by atoms with Gasteiger partial charge in [0.05, 0.1) is 35.7 Å². The second kappa shape index (κ2) is 18.8. The number of nitrogens with zero attached hydrogens (tertiary/aromatic N) is 9. The zero-order chi connectivity index (χ0) is 47.4. The molecule has 2 saturated carbocycles. The second-order valence-corrected chi connectivity index (χ2v) is 19.7. The molecule has 7 aromatic rings. The molecule has 0 bridgehead atoms. The van der Waals surface area contributed by atoms with Crippen LogP contribution in [0.15, 0.2) is 51.8 Å². The Balaban J connectivity index is 0.000000163. The molecular weight excluding hydrogens is 884 g/mol. The molecule has 4 fully saturated rings. The number of hydrogen-bond acceptors (Lipinski definition) is 12. The van der Waals surface area contributed by atoms with Crippen LogP contribution in [-0.2, 0) is 9.59 Å². The topological polar surface area (TPSA) is 203 Å². The highest BCUT2D eigenvalue weighted by Gasteiger charge is 2.37. The van der Waals surface area contributed by atoms with Gasteiger partial charge in [-0.3, -0.25) is 9.59 Å². The highest BCUT2D eigenvalue weighted by atomic mass is 35.5. The first-order chi connectivity index (χ1) is 32.8. The highest BCUT2D eigenvalue weighted by molar-refractivity contribution is 6.31. The van der Waals surface area contributed by atoms with Crippen LogP contribution < -0.4 is 10.2 Å². The van der Waals surface area contributed by atoms with Gasteiger partial charge in [0.2, 0.25) is 11.8 Å². The summed E-state index contributed by atoms with van der Waals surface area (Å²) in [4.78, 5) is 47.2. The Kier molecular flexibility index (Phi) is 12.7. The molecule has 16 nitrogen and oxygen atoms in total. The zero-order valence-corrected chi connectivity index (χ0v) is 40.1. The third-order valence-electron chi connectivity index (χ3n) is 14.5. The van der Waals surface area contributed by atoms with Crippen LogP contribution in [0.2, 0.25) is 5.02 Å². The SMILES string of the molecule is Cc1ccc(N2C(=O)CCC[C@H]2c2nc3cc(-c4c(C)noc4C)cnc3n2C2CCC(O)CC2)cc1Cl.Cc1noc(C)c1-c1cnc2c(c1)nc([C@@H]1CCCC(=O)N1)n2C1CCC(O)CC1. The first-order valence-corrected chi connectivity index (χ1v) is 24.6. The number of anilines is 1.